The molecule has 2 aromatic heterocycles. The topological polar surface area (TPSA) is 39.9 Å². The van der Waals surface area contributed by atoms with Crippen LogP contribution in [0.4, 0.5) is 8.78 Å². The Bertz CT molecular complexity index is 1000. The number of ether oxygens (including phenoxy) is 1. The highest BCUT2D eigenvalue weighted by Gasteiger charge is 2.33. The standard InChI is InChI=1S/C21H23F2N3O.CH4/c1-12-8-16(6-7-27-12)26-20-17-10-15(23)4-5-18(17)24-11-19(20)25-21(26)13-2-3-14(22)9-13;/h4-5,10-14,16H,2-3,6-9H2,1H3;1H4/t12-,13?,14?,16-;/m1./s1. The predicted octanol–water partition coefficient (Wildman–Crippen LogP) is 5.71. The van der Waals surface area contributed by atoms with Crippen molar-refractivity contribution in [2.45, 2.75) is 70.7 Å². The number of halogens is 2. The molecule has 1 aliphatic carbocycles. The number of rotatable bonds is 2. The van der Waals surface area contributed by atoms with E-state index in [0.717, 1.165) is 47.0 Å². The maximum absolute atomic E-state index is 14.0. The van der Waals surface area contributed by atoms with Crippen LogP contribution in [0.1, 0.15) is 64.2 Å². The zero-order valence-electron chi connectivity index (χ0n) is 15.4. The maximum atomic E-state index is 14.0. The molecular weight excluding hydrogens is 360 g/mol. The predicted molar refractivity (Wildman–Crippen MR) is 107 cm³/mol. The van der Waals surface area contributed by atoms with Crippen LogP contribution >= 0.6 is 0 Å². The molecule has 2 unspecified atom stereocenters. The monoisotopic (exact) mass is 387 g/mol. The molecule has 2 aliphatic rings. The number of aromatic nitrogens is 3. The summed E-state index contributed by atoms with van der Waals surface area (Å²) in [5, 5.41) is 0.778. The van der Waals surface area contributed by atoms with Gasteiger partial charge in [0.1, 0.15) is 23.3 Å². The molecule has 0 N–H and O–H groups in total. The van der Waals surface area contributed by atoms with Crippen molar-refractivity contribution < 1.29 is 13.5 Å². The molecule has 28 heavy (non-hydrogen) atoms. The highest BCUT2D eigenvalue weighted by Crippen LogP contribution is 2.41. The second-order valence-electron chi connectivity index (χ2n) is 7.96. The van der Waals surface area contributed by atoms with Gasteiger partial charge in [0.25, 0.3) is 0 Å². The molecule has 5 rings (SSSR count). The molecule has 6 heteroatoms. The molecule has 0 bridgehead atoms. The normalized spacial score (nSPS) is 28.0. The summed E-state index contributed by atoms with van der Waals surface area (Å²) < 4.78 is 36.0. The summed E-state index contributed by atoms with van der Waals surface area (Å²) in [4.78, 5) is 9.34. The number of pyridine rings is 1. The fourth-order valence-corrected chi connectivity index (χ4v) is 4.79. The molecule has 1 aromatic carbocycles. The molecule has 0 radical (unpaired) electrons. The molecule has 150 valence electrons. The average Bonchev–Trinajstić information content (AvgIpc) is 3.25. The first kappa shape index (κ1) is 19.2. The number of imidazole rings is 1. The third-order valence-electron chi connectivity index (χ3n) is 6.06. The molecular formula is C22H27F2N3O. The minimum Gasteiger partial charge on any atom is -0.378 e. The summed E-state index contributed by atoms with van der Waals surface area (Å²) in [7, 11) is 0. The summed E-state index contributed by atoms with van der Waals surface area (Å²) in [5.41, 5.74) is 2.45. The SMILES string of the molecule is C.C[C@@H]1C[C@H](n2c(C3CCC(F)C3)nc3cnc4ccc(F)cc4c32)CCO1. The number of hydrogen-bond acceptors (Lipinski definition) is 3. The van der Waals surface area contributed by atoms with Crippen molar-refractivity contribution in [3.8, 4) is 0 Å². The molecule has 3 aromatic rings. The minimum absolute atomic E-state index is 0. The maximum Gasteiger partial charge on any atom is 0.124 e. The first-order chi connectivity index (χ1) is 13.1. The van der Waals surface area contributed by atoms with Crippen molar-refractivity contribution in [2.24, 2.45) is 0 Å². The molecule has 4 nitrogen and oxygen atoms in total. The summed E-state index contributed by atoms with van der Waals surface area (Å²) in [6.07, 6.45) is 4.84. The van der Waals surface area contributed by atoms with Gasteiger partial charge < -0.3 is 9.30 Å². The third-order valence-corrected chi connectivity index (χ3v) is 6.06. The Hall–Kier alpha value is -2.08. The summed E-state index contributed by atoms with van der Waals surface area (Å²) >= 11 is 0. The van der Waals surface area contributed by atoms with Gasteiger partial charge in [-0.15, -0.1) is 0 Å². The van der Waals surface area contributed by atoms with E-state index in [0.29, 0.717) is 19.4 Å². The van der Waals surface area contributed by atoms with Crippen LogP contribution in [0.2, 0.25) is 0 Å². The van der Waals surface area contributed by atoms with E-state index in [1.165, 1.54) is 6.07 Å². The van der Waals surface area contributed by atoms with Gasteiger partial charge in [-0.1, -0.05) is 7.43 Å². The average molecular weight is 387 g/mol. The number of nitrogens with zero attached hydrogens (tertiary/aromatic N) is 3. The molecule has 0 spiro atoms. The quantitative estimate of drug-likeness (QED) is 0.566. The number of benzene rings is 1. The lowest BCUT2D eigenvalue weighted by Crippen LogP contribution is -2.27. The fourth-order valence-electron chi connectivity index (χ4n) is 4.79. The van der Waals surface area contributed by atoms with E-state index >= 15 is 0 Å². The van der Waals surface area contributed by atoms with Gasteiger partial charge in [-0.25, -0.2) is 13.8 Å². The van der Waals surface area contributed by atoms with Crippen molar-refractivity contribution in [3.05, 3.63) is 36.0 Å². The molecule has 1 saturated heterocycles. The van der Waals surface area contributed by atoms with E-state index in [2.05, 4.69) is 16.5 Å². The molecule has 3 heterocycles. The Kier molecular flexibility index (Phi) is 5.08. The van der Waals surface area contributed by atoms with Crippen LogP contribution in [-0.4, -0.2) is 33.4 Å². The fraction of sp³-hybridized carbons (Fsp3) is 0.545. The van der Waals surface area contributed by atoms with Gasteiger partial charge in [0, 0.05) is 24.0 Å². The first-order valence-electron chi connectivity index (χ1n) is 9.82. The van der Waals surface area contributed by atoms with Crippen molar-refractivity contribution >= 4 is 21.9 Å². The van der Waals surface area contributed by atoms with Crippen LogP contribution in [0.5, 0.6) is 0 Å². The van der Waals surface area contributed by atoms with E-state index in [-0.39, 0.29) is 31.3 Å². The van der Waals surface area contributed by atoms with Gasteiger partial charge in [0.2, 0.25) is 0 Å². The van der Waals surface area contributed by atoms with Gasteiger partial charge in [-0.05, 0) is 57.2 Å². The first-order valence-corrected chi connectivity index (χ1v) is 9.82. The van der Waals surface area contributed by atoms with E-state index in [1.807, 2.05) is 0 Å². The Morgan fingerprint density at radius 2 is 2.00 bits per heavy atom. The van der Waals surface area contributed by atoms with Crippen LogP contribution in [-0.2, 0) is 4.74 Å². The lowest BCUT2D eigenvalue weighted by atomic mass is 10.0. The largest absolute Gasteiger partial charge is 0.378 e. The number of fused-ring (bicyclic) bond motifs is 3. The van der Waals surface area contributed by atoms with E-state index in [9.17, 15) is 8.78 Å². The van der Waals surface area contributed by atoms with Gasteiger partial charge in [-0.3, -0.25) is 4.98 Å². The molecule has 4 atom stereocenters. The van der Waals surface area contributed by atoms with Crippen molar-refractivity contribution in [1.82, 2.24) is 14.5 Å². The Balaban J connectivity index is 0.00000192. The van der Waals surface area contributed by atoms with Crippen LogP contribution in [0.15, 0.2) is 24.4 Å². The lowest BCUT2D eigenvalue weighted by Gasteiger charge is -2.31. The van der Waals surface area contributed by atoms with Crippen LogP contribution < -0.4 is 0 Å². The van der Waals surface area contributed by atoms with E-state index in [1.54, 1.807) is 18.3 Å². The zero-order valence-corrected chi connectivity index (χ0v) is 15.4. The Labute approximate surface area is 163 Å². The van der Waals surface area contributed by atoms with Crippen LogP contribution in [0.3, 0.4) is 0 Å². The second kappa shape index (κ2) is 7.39. The second-order valence-corrected chi connectivity index (χ2v) is 7.96. The van der Waals surface area contributed by atoms with Gasteiger partial charge in [0.15, 0.2) is 0 Å². The van der Waals surface area contributed by atoms with Crippen LogP contribution in [0.25, 0.3) is 21.9 Å². The number of alkyl halides is 1. The van der Waals surface area contributed by atoms with Gasteiger partial charge in [-0.2, -0.15) is 0 Å². The summed E-state index contributed by atoms with van der Waals surface area (Å²) in [5.74, 6) is 0.758. The lowest BCUT2D eigenvalue weighted by molar-refractivity contribution is 0.00605. The molecule has 2 fully saturated rings. The Morgan fingerprint density at radius 1 is 1.14 bits per heavy atom. The smallest absolute Gasteiger partial charge is 0.124 e. The molecule has 1 aliphatic heterocycles. The molecule has 0 amide bonds. The van der Waals surface area contributed by atoms with Crippen molar-refractivity contribution in [3.63, 3.8) is 0 Å². The summed E-state index contributed by atoms with van der Waals surface area (Å²) in [6.45, 7) is 2.77. The van der Waals surface area contributed by atoms with Gasteiger partial charge in [0.05, 0.1) is 23.3 Å². The van der Waals surface area contributed by atoms with E-state index < -0.39 is 6.17 Å². The highest BCUT2D eigenvalue weighted by atomic mass is 19.1. The van der Waals surface area contributed by atoms with Crippen molar-refractivity contribution in [1.29, 1.82) is 0 Å². The zero-order chi connectivity index (χ0) is 18.5. The highest BCUT2D eigenvalue weighted by molar-refractivity contribution is 6.02. The van der Waals surface area contributed by atoms with Crippen LogP contribution in [0, 0.1) is 5.82 Å². The Morgan fingerprint density at radius 3 is 2.75 bits per heavy atom. The molecule has 1 saturated carbocycles. The number of hydrogen-bond donors (Lipinski definition) is 0. The van der Waals surface area contributed by atoms with Crippen molar-refractivity contribution in [2.75, 3.05) is 6.61 Å². The van der Waals surface area contributed by atoms with Gasteiger partial charge >= 0.3 is 0 Å². The van der Waals surface area contributed by atoms with E-state index in [4.69, 9.17) is 9.72 Å². The summed E-state index contributed by atoms with van der Waals surface area (Å²) in [6, 6.07) is 4.91. The third kappa shape index (κ3) is 3.17. The minimum atomic E-state index is -0.760.